The van der Waals surface area contributed by atoms with E-state index < -0.39 is 5.97 Å². The second-order valence-corrected chi connectivity index (χ2v) is 3.56. The minimum Gasteiger partial charge on any atom is -0.480 e. The number of allylic oxidation sites excluding steroid dienone is 1. The van der Waals surface area contributed by atoms with Crippen LogP contribution in [0.15, 0.2) is 24.5 Å². The van der Waals surface area contributed by atoms with Gasteiger partial charge in [0.1, 0.15) is 6.54 Å². The zero-order valence-corrected chi connectivity index (χ0v) is 10.1. The Morgan fingerprint density at radius 2 is 2.33 bits per heavy atom. The van der Waals surface area contributed by atoms with Gasteiger partial charge in [0, 0.05) is 12.7 Å². The van der Waals surface area contributed by atoms with Crippen molar-refractivity contribution in [2.24, 2.45) is 0 Å². The Kier molecular flexibility index (Phi) is 5.43. The standard InChI is InChI=1S/C11H16N4O3/c1-2-3-4-5-12-11(18)14-9-6-13-15(7-9)8-10(16)17/h2-3,6-7H,4-5,8H2,1H3,(H,16,17)(H2,12,14,18)/b3-2+. The number of carbonyl (C=O) groups is 2. The highest BCUT2D eigenvalue weighted by Crippen LogP contribution is 2.04. The molecule has 0 fully saturated rings. The maximum atomic E-state index is 11.4. The van der Waals surface area contributed by atoms with Crippen LogP contribution < -0.4 is 10.6 Å². The maximum Gasteiger partial charge on any atom is 0.325 e. The van der Waals surface area contributed by atoms with Crippen LogP contribution in [0.5, 0.6) is 0 Å². The van der Waals surface area contributed by atoms with E-state index in [2.05, 4.69) is 15.7 Å². The summed E-state index contributed by atoms with van der Waals surface area (Å²) in [6.45, 7) is 2.22. The van der Waals surface area contributed by atoms with Gasteiger partial charge in [-0.15, -0.1) is 0 Å². The predicted molar refractivity (Wildman–Crippen MR) is 66.3 cm³/mol. The summed E-state index contributed by atoms with van der Waals surface area (Å²) in [5, 5.41) is 17.6. The van der Waals surface area contributed by atoms with Crippen molar-refractivity contribution in [2.45, 2.75) is 19.9 Å². The Bertz CT molecular complexity index is 439. The fourth-order valence-corrected chi connectivity index (χ4v) is 1.26. The molecule has 7 nitrogen and oxygen atoms in total. The molecule has 0 bridgehead atoms. The monoisotopic (exact) mass is 252 g/mol. The first-order valence-electron chi connectivity index (χ1n) is 5.52. The number of nitrogens with zero attached hydrogens (tertiary/aromatic N) is 2. The summed E-state index contributed by atoms with van der Waals surface area (Å²) in [7, 11) is 0. The minimum atomic E-state index is -0.986. The first-order valence-corrected chi connectivity index (χ1v) is 5.52. The third kappa shape index (κ3) is 5.15. The Morgan fingerprint density at radius 3 is 3.00 bits per heavy atom. The molecular formula is C11H16N4O3. The molecule has 0 radical (unpaired) electrons. The number of carbonyl (C=O) groups excluding carboxylic acids is 1. The highest BCUT2D eigenvalue weighted by molar-refractivity contribution is 5.88. The molecule has 0 saturated carbocycles. The van der Waals surface area contributed by atoms with Crippen LogP contribution in [0.25, 0.3) is 0 Å². The van der Waals surface area contributed by atoms with Gasteiger partial charge in [-0.1, -0.05) is 12.2 Å². The van der Waals surface area contributed by atoms with Gasteiger partial charge < -0.3 is 15.7 Å². The van der Waals surface area contributed by atoms with Gasteiger partial charge in [0.15, 0.2) is 0 Å². The van der Waals surface area contributed by atoms with Gasteiger partial charge >= 0.3 is 12.0 Å². The molecule has 0 aliphatic rings. The fourth-order valence-electron chi connectivity index (χ4n) is 1.26. The van der Waals surface area contributed by atoms with E-state index in [1.165, 1.54) is 17.1 Å². The van der Waals surface area contributed by atoms with Crippen molar-refractivity contribution < 1.29 is 14.7 Å². The average Bonchev–Trinajstić information content (AvgIpc) is 2.71. The van der Waals surface area contributed by atoms with Crippen LogP contribution in [0, 0.1) is 0 Å². The van der Waals surface area contributed by atoms with Gasteiger partial charge in [-0.25, -0.2) is 4.79 Å². The van der Waals surface area contributed by atoms with E-state index in [4.69, 9.17) is 5.11 Å². The molecule has 3 N–H and O–H groups in total. The van der Waals surface area contributed by atoms with Crippen LogP contribution >= 0.6 is 0 Å². The second kappa shape index (κ2) is 7.10. The zero-order chi connectivity index (χ0) is 13.4. The Balaban J connectivity index is 2.35. The van der Waals surface area contributed by atoms with Gasteiger partial charge in [0.05, 0.1) is 11.9 Å². The van der Waals surface area contributed by atoms with Crippen LogP contribution in [0.1, 0.15) is 13.3 Å². The van der Waals surface area contributed by atoms with E-state index in [0.29, 0.717) is 12.2 Å². The summed E-state index contributed by atoms with van der Waals surface area (Å²) in [5.74, 6) is -0.986. The average molecular weight is 252 g/mol. The molecule has 18 heavy (non-hydrogen) atoms. The number of anilines is 1. The van der Waals surface area contributed by atoms with E-state index in [1.807, 2.05) is 19.1 Å². The highest BCUT2D eigenvalue weighted by Gasteiger charge is 2.05. The lowest BCUT2D eigenvalue weighted by Crippen LogP contribution is -2.29. The van der Waals surface area contributed by atoms with E-state index in [9.17, 15) is 9.59 Å². The normalized spacial score (nSPS) is 10.5. The Morgan fingerprint density at radius 1 is 1.56 bits per heavy atom. The third-order valence-corrected chi connectivity index (χ3v) is 2.02. The fraction of sp³-hybridized carbons (Fsp3) is 0.364. The number of carboxylic acids is 1. The van der Waals surface area contributed by atoms with Crippen LogP contribution in [0.3, 0.4) is 0 Å². The molecule has 98 valence electrons. The molecule has 1 heterocycles. The molecule has 0 aliphatic heterocycles. The lowest BCUT2D eigenvalue weighted by atomic mass is 10.4. The minimum absolute atomic E-state index is 0.232. The van der Waals surface area contributed by atoms with Crippen LogP contribution in [-0.4, -0.2) is 33.4 Å². The van der Waals surface area contributed by atoms with E-state index in [1.54, 1.807) is 0 Å². The molecule has 7 heteroatoms. The lowest BCUT2D eigenvalue weighted by molar-refractivity contribution is -0.137. The molecule has 1 aromatic heterocycles. The molecule has 0 saturated heterocycles. The van der Waals surface area contributed by atoms with Gasteiger partial charge in [-0.2, -0.15) is 5.10 Å². The summed E-state index contributed by atoms with van der Waals surface area (Å²) in [6.07, 6.45) is 7.48. The number of nitrogens with one attached hydrogen (secondary N) is 2. The summed E-state index contributed by atoms with van der Waals surface area (Å²) in [5.41, 5.74) is 0.458. The molecule has 1 aromatic rings. The van der Waals surface area contributed by atoms with E-state index in [-0.39, 0.29) is 12.6 Å². The first kappa shape index (κ1) is 13.8. The molecule has 0 unspecified atom stereocenters. The van der Waals surface area contributed by atoms with Crippen LogP contribution in [-0.2, 0) is 11.3 Å². The molecule has 0 atom stereocenters. The smallest absolute Gasteiger partial charge is 0.325 e. The Hall–Kier alpha value is -2.31. The molecule has 1 rings (SSSR count). The van der Waals surface area contributed by atoms with Crippen molar-refractivity contribution in [1.82, 2.24) is 15.1 Å². The number of hydrogen-bond donors (Lipinski definition) is 3. The summed E-state index contributed by atoms with van der Waals surface area (Å²) < 4.78 is 1.23. The van der Waals surface area contributed by atoms with Gasteiger partial charge in [0.2, 0.25) is 0 Å². The predicted octanol–water partition coefficient (Wildman–Crippen LogP) is 1.06. The highest BCUT2D eigenvalue weighted by atomic mass is 16.4. The van der Waals surface area contributed by atoms with Crippen molar-refractivity contribution in [3.05, 3.63) is 24.5 Å². The zero-order valence-electron chi connectivity index (χ0n) is 10.1. The third-order valence-electron chi connectivity index (χ3n) is 2.02. The Labute approximate surface area is 104 Å². The van der Waals surface area contributed by atoms with Gasteiger partial charge in [0.25, 0.3) is 0 Å². The molecule has 0 spiro atoms. The maximum absolute atomic E-state index is 11.4. The number of carboxylic acid groups (broad SMARTS) is 1. The van der Waals surface area contributed by atoms with Crippen molar-refractivity contribution in [3.8, 4) is 0 Å². The van der Waals surface area contributed by atoms with Crippen molar-refractivity contribution in [2.75, 3.05) is 11.9 Å². The van der Waals surface area contributed by atoms with Gasteiger partial charge in [-0.05, 0) is 13.3 Å². The topological polar surface area (TPSA) is 96.3 Å². The second-order valence-electron chi connectivity index (χ2n) is 3.56. The van der Waals surface area contributed by atoms with Gasteiger partial charge in [-0.3, -0.25) is 9.48 Å². The van der Waals surface area contributed by atoms with E-state index in [0.717, 1.165) is 6.42 Å². The number of rotatable bonds is 6. The number of urea groups is 1. The first-order chi connectivity index (χ1) is 8.61. The number of aromatic nitrogens is 2. The van der Waals surface area contributed by atoms with Crippen LogP contribution in [0.2, 0.25) is 0 Å². The number of hydrogen-bond acceptors (Lipinski definition) is 3. The quantitative estimate of drug-likeness (QED) is 0.521. The van der Waals surface area contributed by atoms with Crippen LogP contribution in [0.4, 0.5) is 10.5 Å². The largest absolute Gasteiger partial charge is 0.480 e. The molecular weight excluding hydrogens is 236 g/mol. The summed E-state index contributed by atoms with van der Waals surface area (Å²) >= 11 is 0. The molecule has 2 amide bonds. The van der Waals surface area contributed by atoms with Crippen molar-refractivity contribution in [3.63, 3.8) is 0 Å². The molecule has 0 aromatic carbocycles. The summed E-state index contributed by atoms with van der Waals surface area (Å²) in [4.78, 5) is 21.8. The SMILES string of the molecule is C/C=C/CCNC(=O)Nc1cnn(CC(=O)O)c1. The summed E-state index contributed by atoms with van der Waals surface area (Å²) in [6, 6.07) is -0.339. The lowest BCUT2D eigenvalue weighted by Gasteiger charge is -2.03. The number of aliphatic carboxylic acids is 1. The van der Waals surface area contributed by atoms with Crippen molar-refractivity contribution in [1.29, 1.82) is 0 Å². The number of amides is 2. The molecule has 0 aliphatic carbocycles. The van der Waals surface area contributed by atoms with E-state index >= 15 is 0 Å². The van der Waals surface area contributed by atoms with Crippen molar-refractivity contribution >= 4 is 17.7 Å².